The second kappa shape index (κ2) is 6.60. The van der Waals surface area contributed by atoms with E-state index in [2.05, 4.69) is 15.2 Å². The van der Waals surface area contributed by atoms with E-state index in [-0.39, 0.29) is 11.9 Å². The number of pyridine rings is 1. The van der Waals surface area contributed by atoms with Gasteiger partial charge >= 0.3 is 0 Å². The third-order valence-corrected chi connectivity index (χ3v) is 4.08. The summed E-state index contributed by atoms with van der Waals surface area (Å²) in [6, 6.07) is 13.6. The minimum atomic E-state index is -0.0636. The van der Waals surface area contributed by atoms with Gasteiger partial charge in [0.05, 0.1) is 11.6 Å². The van der Waals surface area contributed by atoms with Crippen LogP contribution in [0.3, 0.4) is 0 Å². The summed E-state index contributed by atoms with van der Waals surface area (Å²) in [6.07, 6.45) is 4.08. The van der Waals surface area contributed by atoms with Crippen molar-refractivity contribution in [2.75, 3.05) is 18.0 Å². The first kappa shape index (κ1) is 14.6. The molecule has 1 aromatic heterocycles. The molecule has 1 aromatic carbocycles. The Morgan fingerprint density at radius 2 is 1.86 bits per heavy atom. The number of amides is 1. The average molecular weight is 295 g/mol. The standard InChI is InChI=1S/C18H21N3O/c1-14(15-8-3-2-4-9-15)20-18(22)16-10-7-11-19-17(16)21-12-5-6-13-21/h2-4,7-11,14H,5-6,12-13H2,1H3,(H,20,22). The molecular formula is C18H21N3O. The van der Waals surface area contributed by atoms with Gasteiger partial charge in [-0.15, -0.1) is 0 Å². The maximum Gasteiger partial charge on any atom is 0.255 e. The fourth-order valence-electron chi connectivity index (χ4n) is 2.85. The summed E-state index contributed by atoms with van der Waals surface area (Å²) in [5.41, 5.74) is 1.76. The molecule has 0 bridgehead atoms. The van der Waals surface area contributed by atoms with Crippen LogP contribution in [-0.4, -0.2) is 24.0 Å². The van der Waals surface area contributed by atoms with E-state index in [1.165, 1.54) is 0 Å². The first-order valence-corrected chi connectivity index (χ1v) is 7.81. The predicted molar refractivity (Wildman–Crippen MR) is 88.0 cm³/mol. The Kier molecular flexibility index (Phi) is 4.37. The van der Waals surface area contributed by atoms with Crippen molar-refractivity contribution in [3.63, 3.8) is 0 Å². The summed E-state index contributed by atoms with van der Waals surface area (Å²) < 4.78 is 0. The Bertz CT molecular complexity index is 636. The van der Waals surface area contributed by atoms with Gasteiger partial charge in [-0.1, -0.05) is 30.3 Å². The quantitative estimate of drug-likeness (QED) is 0.942. The van der Waals surface area contributed by atoms with Gasteiger partial charge in [0.15, 0.2) is 0 Å². The lowest BCUT2D eigenvalue weighted by Crippen LogP contribution is -2.30. The monoisotopic (exact) mass is 295 g/mol. The molecular weight excluding hydrogens is 274 g/mol. The molecule has 0 saturated carbocycles. The minimum absolute atomic E-state index is 0.0275. The van der Waals surface area contributed by atoms with Crippen LogP contribution in [0.15, 0.2) is 48.7 Å². The van der Waals surface area contributed by atoms with E-state index < -0.39 is 0 Å². The van der Waals surface area contributed by atoms with Crippen LogP contribution in [0.5, 0.6) is 0 Å². The van der Waals surface area contributed by atoms with Gasteiger partial charge in [-0.05, 0) is 37.5 Å². The zero-order valence-electron chi connectivity index (χ0n) is 12.8. The van der Waals surface area contributed by atoms with Crippen molar-refractivity contribution in [2.24, 2.45) is 0 Å². The fourth-order valence-corrected chi connectivity index (χ4v) is 2.85. The van der Waals surface area contributed by atoms with Gasteiger partial charge in [0.2, 0.25) is 0 Å². The maximum atomic E-state index is 12.6. The van der Waals surface area contributed by atoms with E-state index in [0.717, 1.165) is 37.3 Å². The van der Waals surface area contributed by atoms with E-state index in [9.17, 15) is 4.79 Å². The molecule has 0 radical (unpaired) electrons. The van der Waals surface area contributed by atoms with E-state index in [1.807, 2.05) is 49.4 Å². The lowest BCUT2D eigenvalue weighted by molar-refractivity contribution is 0.0940. The lowest BCUT2D eigenvalue weighted by atomic mass is 10.1. The van der Waals surface area contributed by atoms with Gasteiger partial charge in [-0.25, -0.2) is 4.98 Å². The van der Waals surface area contributed by atoms with Crippen LogP contribution in [0.4, 0.5) is 5.82 Å². The third-order valence-electron chi connectivity index (χ3n) is 4.08. The van der Waals surface area contributed by atoms with Crippen LogP contribution in [0.1, 0.15) is 41.7 Å². The largest absolute Gasteiger partial charge is 0.356 e. The Morgan fingerprint density at radius 3 is 2.59 bits per heavy atom. The van der Waals surface area contributed by atoms with Crippen molar-refractivity contribution in [2.45, 2.75) is 25.8 Å². The van der Waals surface area contributed by atoms with Crippen molar-refractivity contribution in [3.8, 4) is 0 Å². The molecule has 1 unspecified atom stereocenters. The van der Waals surface area contributed by atoms with Gasteiger partial charge in [0.25, 0.3) is 5.91 Å². The van der Waals surface area contributed by atoms with Gasteiger partial charge in [0.1, 0.15) is 5.82 Å². The molecule has 2 aromatic rings. The summed E-state index contributed by atoms with van der Waals surface area (Å²) in [5.74, 6) is 0.740. The molecule has 1 N–H and O–H groups in total. The van der Waals surface area contributed by atoms with Crippen LogP contribution in [-0.2, 0) is 0 Å². The molecule has 0 aliphatic carbocycles. The van der Waals surface area contributed by atoms with Gasteiger partial charge in [0, 0.05) is 19.3 Å². The molecule has 1 amide bonds. The van der Waals surface area contributed by atoms with E-state index >= 15 is 0 Å². The summed E-state index contributed by atoms with van der Waals surface area (Å²) in [7, 11) is 0. The SMILES string of the molecule is CC(NC(=O)c1cccnc1N1CCCC1)c1ccccc1. The van der Waals surface area contributed by atoms with E-state index in [4.69, 9.17) is 0 Å². The maximum absolute atomic E-state index is 12.6. The molecule has 114 valence electrons. The Balaban J connectivity index is 1.78. The van der Waals surface area contributed by atoms with Crippen LogP contribution in [0.25, 0.3) is 0 Å². The van der Waals surface area contributed by atoms with Crippen molar-refractivity contribution in [1.82, 2.24) is 10.3 Å². The topological polar surface area (TPSA) is 45.2 Å². The number of benzene rings is 1. The number of anilines is 1. The van der Waals surface area contributed by atoms with E-state index in [1.54, 1.807) is 6.20 Å². The highest BCUT2D eigenvalue weighted by atomic mass is 16.1. The fraction of sp³-hybridized carbons (Fsp3) is 0.333. The van der Waals surface area contributed by atoms with Crippen molar-refractivity contribution < 1.29 is 4.79 Å². The molecule has 1 aliphatic heterocycles. The number of aromatic nitrogens is 1. The molecule has 3 rings (SSSR count). The molecule has 4 heteroatoms. The molecule has 4 nitrogen and oxygen atoms in total. The molecule has 1 fully saturated rings. The lowest BCUT2D eigenvalue weighted by Gasteiger charge is -2.21. The Morgan fingerprint density at radius 1 is 1.14 bits per heavy atom. The molecule has 2 heterocycles. The summed E-state index contributed by atoms with van der Waals surface area (Å²) in [5, 5.41) is 3.07. The minimum Gasteiger partial charge on any atom is -0.356 e. The summed E-state index contributed by atoms with van der Waals surface area (Å²) in [4.78, 5) is 19.3. The van der Waals surface area contributed by atoms with Crippen LogP contribution in [0, 0.1) is 0 Å². The zero-order chi connectivity index (χ0) is 15.4. The number of carbonyl (C=O) groups is 1. The highest BCUT2D eigenvalue weighted by Crippen LogP contribution is 2.22. The smallest absolute Gasteiger partial charge is 0.255 e. The third kappa shape index (κ3) is 3.11. The molecule has 22 heavy (non-hydrogen) atoms. The van der Waals surface area contributed by atoms with Gasteiger partial charge in [-0.2, -0.15) is 0 Å². The second-order valence-corrected chi connectivity index (χ2v) is 5.67. The van der Waals surface area contributed by atoms with Crippen molar-refractivity contribution in [3.05, 3.63) is 59.8 Å². The molecule has 0 spiro atoms. The number of hydrogen-bond acceptors (Lipinski definition) is 3. The van der Waals surface area contributed by atoms with Crippen molar-refractivity contribution in [1.29, 1.82) is 0 Å². The molecule has 1 atom stereocenters. The number of carbonyl (C=O) groups excluding carboxylic acids is 1. The number of nitrogens with zero attached hydrogens (tertiary/aromatic N) is 2. The number of hydrogen-bond donors (Lipinski definition) is 1. The van der Waals surface area contributed by atoms with Crippen molar-refractivity contribution >= 4 is 11.7 Å². The number of rotatable bonds is 4. The van der Waals surface area contributed by atoms with Crippen LogP contribution < -0.4 is 10.2 Å². The summed E-state index contributed by atoms with van der Waals surface area (Å²) in [6.45, 7) is 3.95. The highest BCUT2D eigenvalue weighted by Gasteiger charge is 2.21. The summed E-state index contributed by atoms with van der Waals surface area (Å²) >= 11 is 0. The zero-order valence-corrected chi connectivity index (χ0v) is 12.8. The Hall–Kier alpha value is -2.36. The normalized spacial score (nSPS) is 15.6. The van der Waals surface area contributed by atoms with Crippen LogP contribution in [0.2, 0.25) is 0 Å². The Labute approximate surface area is 131 Å². The van der Waals surface area contributed by atoms with Crippen LogP contribution >= 0.6 is 0 Å². The number of nitrogens with one attached hydrogen (secondary N) is 1. The van der Waals surface area contributed by atoms with Gasteiger partial charge in [-0.3, -0.25) is 4.79 Å². The second-order valence-electron chi connectivity index (χ2n) is 5.67. The molecule has 1 saturated heterocycles. The first-order chi connectivity index (χ1) is 10.8. The van der Waals surface area contributed by atoms with E-state index in [0.29, 0.717) is 5.56 Å². The molecule has 1 aliphatic rings. The predicted octanol–water partition coefficient (Wildman–Crippen LogP) is 3.17. The first-order valence-electron chi connectivity index (χ1n) is 7.81. The van der Waals surface area contributed by atoms with Gasteiger partial charge < -0.3 is 10.2 Å². The average Bonchev–Trinajstić information content (AvgIpc) is 3.10. The highest BCUT2D eigenvalue weighted by molar-refractivity contribution is 5.99.